The summed E-state index contributed by atoms with van der Waals surface area (Å²) in [6.45, 7) is 14.7. The molecule has 0 unspecified atom stereocenters. The van der Waals surface area contributed by atoms with Gasteiger partial charge in [0.15, 0.2) is 11.6 Å². The van der Waals surface area contributed by atoms with E-state index < -0.39 is 41.4 Å². The predicted octanol–water partition coefficient (Wildman–Crippen LogP) is 4.88. The number of hydrogen-bond donors (Lipinski definition) is 2. The number of ether oxygens (including phenoxy) is 11. The molecule has 5 rings (SSSR count). The van der Waals surface area contributed by atoms with Crippen molar-refractivity contribution in [1.82, 2.24) is 19.9 Å². The molecule has 0 saturated carbocycles. The molecule has 0 spiro atoms. The summed E-state index contributed by atoms with van der Waals surface area (Å²) in [5.41, 5.74) is 10.1. The van der Waals surface area contributed by atoms with Crippen LogP contribution in [0.2, 0.25) is 0 Å². The van der Waals surface area contributed by atoms with Crippen molar-refractivity contribution in [1.29, 1.82) is 0 Å². The Morgan fingerprint density at radius 1 is 0.623 bits per heavy atom. The lowest BCUT2D eigenvalue weighted by molar-refractivity contribution is -0.136. The highest BCUT2D eigenvalue weighted by Crippen LogP contribution is 2.30. The summed E-state index contributed by atoms with van der Waals surface area (Å²) < 4.78 is 113. The fourth-order valence-corrected chi connectivity index (χ4v) is 6.93. The maximum Gasteiger partial charge on any atom is 0.313 e. The largest absolute Gasteiger partial charge is 0.420 e. The number of rotatable bonds is 38. The highest BCUT2D eigenvalue weighted by Gasteiger charge is 2.23. The Morgan fingerprint density at radius 3 is 1.57 bits per heavy atom. The lowest BCUT2D eigenvalue weighted by atomic mass is 10.1. The van der Waals surface area contributed by atoms with E-state index in [4.69, 9.17) is 63.1 Å². The minimum absolute atomic E-state index is 0.0202. The minimum Gasteiger partial charge on any atom is -0.420 e. The maximum absolute atomic E-state index is 13.6. The third-order valence-electron chi connectivity index (χ3n) is 10.6. The van der Waals surface area contributed by atoms with Gasteiger partial charge in [-0.3, -0.25) is 9.69 Å². The Bertz CT molecular complexity index is 2060. The van der Waals surface area contributed by atoms with E-state index in [-0.39, 0.29) is 25.9 Å². The predicted molar refractivity (Wildman–Crippen MR) is 248 cm³/mol. The number of nitrogens with two attached hydrogens (primary N) is 1. The van der Waals surface area contributed by atoms with Crippen molar-refractivity contribution < 1.29 is 74.5 Å². The van der Waals surface area contributed by atoms with Crippen LogP contribution in [0.1, 0.15) is 32.0 Å². The van der Waals surface area contributed by atoms with Gasteiger partial charge in [0.2, 0.25) is 17.4 Å². The molecule has 4 aromatic rings. The number of nitrogen functional groups attached to an aromatic ring is 1. The van der Waals surface area contributed by atoms with Gasteiger partial charge >= 0.3 is 5.97 Å². The average Bonchev–Trinajstić information content (AvgIpc) is 3.79. The molecule has 1 aliphatic rings. The molecule has 3 N–H and O–H groups in total. The van der Waals surface area contributed by atoms with Crippen molar-refractivity contribution in [3.05, 3.63) is 53.4 Å². The number of fused-ring (bicyclic) bond motifs is 3. The highest BCUT2D eigenvalue weighted by molar-refractivity contribution is 6.06. The first-order valence-electron chi connectivity index (χ1n) is 23.6. The summed E-state index contributed by atoms with van der Waals surface area (Å²) >= 11 is 0. The van der Waals surface area contributed by atoms with Gasteiger partial charge in [0.1, 0.15) is 22.7 Å². The third kappa shape index (κ3) is 20.1. The van der Waals surface area contributed by atoms with Gasteiger partial charge < -0.3 is 67.7 Å². The Labute approximate surface area is 400 Å². The molecule has 0 atom stereocenters. The zero-order valence-electron chi connectivity index (χ0n) is 39.6. The fraction of sp³-hybridized carbons (Fsp3) is 0.638. The number of anilines is 2. The van der Waals surface area contributed by atoms with Crippen molar-refractivity contribution in [2.24, 2.45) is 0 Å². The van der Waals surface area contributed by atoms with Gasteiger partial charge in [-0.05, 0) is 24.6 Å². The molecule has 3 heterocycles. The average molecular weight is 985 g/mol. The lowest BCUT2D eigenvalue weighted by Crippen LogP contribution is -2.47. The van der Waals surface area contributed by atoms with Crippen LogP contribution in [-0.2, 0) is 58.6 Å². The van der Waals surface area contributed by atoms with Crippen LogP contribution in [0, 0.1) is 23.3 Å². The number of imidazole rings is 1. The zero-order valence-corrected chi connectivity index (χ0v) is 39.6. The van der Waals surface area contributed by atoms with E-state index >= 15 is 0 Å². The Morgan fingerprint density at radius 2 is 1.09 bits per heavy atom. The number of carbonyl (C=O) groups excluding carboxylic acids is 1. The molecule has 0 bridgehead atoms. The first-order valence-corrected chi connectivity index (χ1v) is 23.6. The first kappa shape index (κ1) is 55.6. The molecule has 69 heavy (non-hydrogen) atoms. The van der Waals surface area contributed by atoms with Crippen LogP contribution in [0.5, 0.6) is 5.75 Å². The van der Waals surface area contributed by atoms with Crippen molar-refractivity contribution in [3.63, 3.8) is 0 Å². The number of piperazine rings is 1. The molecule has 0 aliphatic carbocycles. The fourth-order valence-electron chi connectivity index (χ4n) is 6.93. The number of aromatic nitrogens is 3. The Kier molecular flexibility index (Phi) is 26.2. The Hall–Kier alpha value is -4.33. The molecule has 2 aromatic heterocycles. The number of aryl methyl sites for hydroxylation is 1. The molecule has 1 saturated heterocycles. The van der Waals surface area contributed by atoms with Gasteiger partial charge in [-0.2, -0.15) is 8.78 Å². The van der Waals surface area contributed by atoms with Gasteiger partial charge in [0.25, 0.3) is 0 Å². The van der Waals surface area contributed by atoms with E-state index in [1.54, 1.807) is 0 Å². The van der Waals surface area contributed by atoms with Crippen LogP contribution in [-0.4, -0.2) is 191 Å². The molecule has 386 valence electrons. The van der Waals surface area contributed by atoms with E-state index in [9.17, 15) is 22.4 Å². The van der Waals surface area contributed by atoms with E-state index in [1.807, 2.05) is 0 Å². The van der Waals surface area contributed by atoms with Gasteiger partial charge in [-0.25, -0.2) is 18.7 Å². The van der Waals surface area contributed by atoms with Crippen molar-refractivity contribution in [3.8, 4) is 5.75 Å². The van der Waals surface area contributed by atoms with Crippen LogP contribution >= 0.6 is 0 Å². The molecule has 0 radical (unpaired) electrons. The van der Waals surface area contributed by atoms with Gasteiger partial charge in [0, 0.05) is 56.3 Å². The van der Waals surface area contributed by atoms with E-state index in [0.717, 1.165) is 85.4 Å². The van der Waals surface area contributed by atoms with Gasteiger partial charge in [-0.15, -0.1) is 0 Å². The van der Waals surface area contributed by atoms with Crippen molar-refractivity contribution >= 4 is 39.4 Å². The van der Waals surface area contributed by atoms with Crippen molar-refractivity contribution in [2.75, 3.05) is 175 Å². The summed E-state index contributed by atoms with van der Waals surface area (Å²) in [6.07, 6.45) is 2.70. The number of halogens is 4. The topological polar surface area (TPSA) is 193 Å². The molecular formula is C47H68F4N6O12. The monoisotopic (exact) mass is 984 g/mol. The lowest BCUT2D eigenvalue weighted by Gasteiger charge is -2.36. The molecule has 2 aromatic carbocycles. The molecule has 0 amide bonds. The standard InChI is InChI=1S/C47H68F4N6O12/c1-2-3-4-40-54-44-36-6-5-35(33-39(36)53-47(52)45(44)55-40)57-10-8-56(9-11-57)12-14-60-16-18-62-20-22-64-24-26-66-28-30-68-32-31-67-29-27-65-25-23-63-21-19-61-17-15-59-13-7-41(58)69-46-42(50)37(48)34-38(49)43(46)51/h5-6,33-34H,2-4,7-32H2,1H3,(H2,52,53)(H,54,55). The second-order valence-corrected chi connectivity index (χ2v) is 15.7. The SMILES string of the molecule is CCCCc1nc2c([nH]1)c(N)nc1cc(N3CCN(CCOCCOCCOCCOCCOCCOCCOCCOCCOCCOCCC(=O)Oc4c(F)c(F)cc(F)c4F)CC3)ccc12. The summed E-state index contributed by atoms with van der Waals surface area (Å²) in [6, 6.07) is 6.43. The molecule has 1 aliphatic heterocycles. The smallest absolute Gasteiger partial charge is 0.313 e. The number of aromatic amines is 1. The second-order valence-electron chi connectivity index (χ2n) is 15.7. The highest BCUT2D eigenvalue weighted by atomic mass is 19.2. The first-order chi connectivity index (χ1) is 33.7. The number of esters is 1. The van der Waals surface area contributed by atoms with E-state index in [1.165, 1.54) is 0 Å². The minimum atomic E-state index is -1.79. The number of carbonyl (C=O) groups is 1. The quantitative estimate of drug-likeness (QED) is 0.0203. The number of unbranched alkanes of at least 4 members (excludes halogenated alkanes) is 1. The summed E-state index contributed by atoms with van der Waals surface area (Å²) in [7, 11) is 0. The number of nitrogens with zero attached hydrogens (tertiary/aromatic N) is 4. The van der Waals surface area contributed by atoms with Gasteiger partial charge in [-0.1, -0.05) is 13.3 Å². The number of hydrogen-bond acceptors (Lipinski definition) is 17. The molecular weight excluding hydrogens is 917 g/mol. The molecule has 1 fully saturated rings. The Balaban J connectivity index is 0.705. The summed E-state index contributed by atoms with van der Waals surface area (Å²) in [4.78, 5) is 29.5. The van der Waals surface area contributed by atoms with Gasteiger partial charge in [0.05, 0.1) is 144 Å². The van der Waals surface area contributed by atoms with E-state index in [0.29, 0.717) is 118 Å². The normalized spacial score (nSPS) is 13.4. The molecule has 18 nitrogen and oxygen atoms in total. The summed E-state index contributed by atoms with van der Waals surface area (Å²) in [5.74, 6) is -8.03. The zero-order chi connectivity index (χ0) is 48.9. The maximum atomic E-state index is 13.6. The molecule has 22 heteroatoms. The number of pyridine rings is 1. The number of benzene rings is 2. The van der Waals surface area contributed by atoms with Crippen LogP contribution in [0.4, 0.5) is 29.1 Å². The second kappa shape index (κ2) is 32.5. The third-order valence-corrected chi connectivity index (χ3v) is 10.6. The van der Waals surface area contributed by atoms with Crippen LogP contribution < -0.4 is 15.4 Å². The van der Waals surface area contributed by atoms with Crippen LogP contribution in [0.3, 0.4) is 0 Å². The number of nitrogens with one attached hydrogen (secondary N) is 1. The van der Waals surface area contributed by atoms with Crippen molar-refractivity contribution in [2.45, 2.75) is 32.6 Å². The number of H-pyrrole nitrogens is 1. The van der Waals surface area contributed by atoms with E-state index in [2.05, 4.69) is 44.6 Å². The summed E-state index contributed by atoms with van der Waals surface area (Å²) in [5, 5.41) is 1.02. The van der Waals surface area contributed by atoms with Crippen LogP contribution in [0.15, 0.2) is 24.3 Å². The van der Waals surface area contributed by atoms with Crippen LogP contribution in [0.25, 0.3) is 21.9 Å².